The smallest absolute Gasteiger partial charge is 0.259 e. The van der Waals surface area contributed by atoms with Gasteiger partial charge in [0.1, 0.15) is 5.82 Å². The van der Waals surface area contributed by atoms with Crippen molar-refractivity contribution < 1.29 is 4.79 Å². The minimum atomic E-state index is -0.352. The van der Waals surface area contributed by atoms with E-state index in [0.717, 1.165) is 24.5 Å². The largest absolute Gasteiger partial charge is 0.369 e. The van der Waals surface area contributed by atoms with Gasteiger partial charge in [0.05, 0.1) is 10.6 Å². The van der Waals surface area contributed by atoms with Crippen molar-refractivity contribution in [1.82, 2.24) is 19.8 Å². The van der Waals surface area contributed by atoms with E-state index in [9.17, 15) is 4.79 Å². The summed E-state index contributed by atoms with van der Waals surface area (Å²) in [6.07, 6.45) is 2.41. The standard InChI is InChI=1S/C10H11ClN6OS/c1-2-3-12-8-7(11)4-6(5-13-8)9(18)14-10-15-16-17-19-10/h4-5H,2-3H2,1H3,(H,12,13)(H,14,15,17,18). The van der Waals surface area contributed by atoms with Crippen LogP contribution < -0.4 is 10.6 Å². The molecule has 2 aromatic rings. The van der Waals surface area contributed by atoms with E-state index >= 15 is 0 Å². The molecule has 2 heterocycles. The molecule has 2 aromatic heterocycles. The van der Waals surface area contributed by atoms with Gasteiger partial charge < -0.3 is 5.32 Å². The van der Waals surface area contributed by atoms with Crippen LogP contribution in [0.1, 0.15) is 23.7 Å². The van der Waals surface area contributed by atoms with Crippen LogP contribution in [0.3, 0.4) is 0 Å². The van der Waals surface area contributed by atoms with Gasteiger partial charge in [-0.1, -0.05) is 28.1 Å². The Kier molecular flexibility index (Phi) is 4.58. The molecular formula is C10H11ClN6OS. The Balaban J connectivity index is 2.08. The second kappa shape index (κ2) is 6.39. The Morgan fingerprint density at radius 2 is 2.37 bits per heavy atom. The second-order valence-electron chi connectivity index (χ2n) is 3.60. The summed E-state index contributed by atoms with van der Waals surface area (Å²) in [7, 11) is 0. The first-order chi connectivity index (χ1) is 9.20. The van der Waals surface area contributed by atoms with E-state index in [2.05, 4.69) is 30.4 Å². The van der Waals surface area contributed by atoms with E-state index in [4.69, 9.17) is 11.6 Å². The lowest BCUT2D eigenvalue weighted by atomic mass is 10.2. The zero-order valence-corrected chi connectivity index (χ0v) is 11.6. The van der Waals surface area contributed by atoms with Gasteiger partial charge >= 0.3 is 0 Å². The van der Waals surface area contributed by atoms with Crippen LogP contribution in [0.15, 0.2) is 12.3 Å². The average molecular weight is 299 g/mol. The van der Waals surface area contributed by atoms with Gasteiger partial charge in [-0.05, 0) is 17.7 Å². The Hall–Kier alpha value is -1.80. The van der Waals surface area contributed by atoms with Crippen LogP contribution in [0, 0.1) is 0 Å². The molecule has 0 spiro atoms. The number of amides is 1. The highest BCUT2D eigenvalue weighted by Crippen LogP contribution is 2.20. The zero-order chi connectivity index (χ0) is 13.7. The summed E-state index contributed by atoms with van der Waals surface area (Å²) in [5, 5.41) is 13.4. The lowest BCUT2D eigenvalue weighted by Gasteiger charge is -2.07. The molecule has 0 aliphatic heterocycles. The van der Waals surface area contributed by atoms with Gasteiger partial charge in [-0.15, -0.1) is 0 Å². The van der Waals surface area contributed by atoms with Crippen molar-refractivity contribution in [2.45, 2.75) is 13.3 Å². The molecule has 0 saturated heterocycles. The highest BCUT2D eigenvalue weighted by atomic mass is 35.5. The third-order valence-electron chi connectivity index (χ3n) is 2.17. The van der Waals surface area contributed by atoms with Gasteiger partial charge in [-0.3, -0.25) is 10.1 Å². The molecule has 2 N–H and O–H groups in total. The lowest BCUT2D eigenvalue weighted by Crippen LogP contribution is -2.13. The summed E-state index contributed by atoms with van der Waals surface area (Å²) in [5.41, 5.74) is 0.349. The highest BCUT2D eigenvalue weighted by molar-refractivity contribution is 7.09. The van der Waals surface area contributed by atoms with Gasteiger partial charge in [-0.2, -0.15) is 0 Å². The van der Waals surface area contributed by atoms with Crippen molar-refractivity contribution in [3.05, 3.63) is 22.8 Å². The Bertz CT molecular complexity index is 561. The third-order valence-corrected chi connectivity index (χ3v) is 2.97. The van der Waals surface area contributed by atoms with Crippen molar-refractivity contribution >= 4 is 40.0 Å². The number of carbonyl (C=O) groups is 1. The molecule has 0 saturated carbocycles. The molecule has 19 heavy (non-hydrogen) atoms. The maximum absolute atomic E-state index is 11.9. The van der Waals surface area contributed by atoms with Crippen LogP contribution in [0.4, 0.5) is 10.9 Å². The van der Waals surface area contributed by atoms with Gasteiger partial charge in [-0.25, -0.2) is 4.98 Å². The summed E-state index contributed by atoms with van der Waals surface area (Å²) in [5.74, 6) is 0.215. The molecule has 0 radical (unpaired) electrons. The number of aromatic nitrogens is 4. The van der Waals surface area contributed by atoms with E-state index in [-0.39, 0.29) is 5.91 Å². The molecule has 0 aromatic carbocycles. The van der Waals surface area contributed by atoms with Crippen LogP contribution in [-0.2, 0) is 0 Å². The normalized spacial score (nSPS) is 10.2. The number of carbonyl (C=O) groups excluding carboxylic acids is 1. The van der Waals surface area contributed by atoms with E-state index in [1.165, 1.54) is 6.20 Å². The molecule has 2 rings (SSSR count). The number of anilines is 2. The Morgan fingerprint density at radius 3 is 3.00 bits per heavy atom. The fourth-order valence-corrected chi connectivity index (χ4v) is 1.88. The van der Waals surface area contributed by atoms with Crippen LogP contribution in [-0.4, -0.2) is 32.2 Å². The van der Waals surface area contributed by atoms with Crippen LogP contribution >= 0.6 is 23.1 Å². The predicted molar refractivity (Wildman–Crippen MR) is 73.7 cm³/mol. The van der Waals surface area contributed by atoms with Gasteiger partial charge in [0.25, 0.3) is 5.91 Å². The highest BCUT2D eigenvalue weighted by Gasteiger charge is 2.11. The SMILES string of the molecule is CCCNc1ncc(C(=O)Nc2nnns2)cc1Cl. The number of nitrogens with one attached hydrogen (secondary N) is 2. The molecule has 0 bridgehead atoms. The Morgan fingerprint density at radius 1 is 1.53 bits per heavy atom. The third kappa shape index (κ3) is 3.58. The van der Waals surface area contributed by atoms with E-state index in [1.54, 1.807) is 6.07 Å². The average Bonchev–Trinajstić information content (AvgIpc) is 2.90. The lowest BCUT2D eigenvalue weighted by molar-refractivity contribution is 0.102. The number of pyridine rings is 1. The van der Waals surface area contributed by atoms with Crippen LogP contribution in [0.2, 0.25) is 5.02 Å². The van der Waals surface area contributed by atoms with Gasteiger partial charge in [0.2, 0.25) is 5.13 Å². The summed E-state index contributed by atoms with van der Waals surface area (Å²) in [6, 6.07) is 1.55. The number of rotatable bonds is 5. The summed E-state index contributed by atoms with van der Waals surface area (Å²) < 4.78 is 3.55. The van der Waals surface area contributed by atoms with Crippen molar-refractivity contribution in [2.75, 3.05) is 17.2 Å². The van der Waals surface area contributed by atoms with Crippen LogP contribution in [0.25, 0.3) is 0 Å². The molecule has 1 amide bonds. The molecule has 7 nitrogen and oxygen atoms in total. The monoisotopic (exact) mass is 298 g/mol. The molecule has 100 valence electrons. The van der Waals surface area contributed by atoms with Crippen molar-refractivity contribution in [1.29, 1.82) is 0 Å². The van der Waals surface area contributed by atoms with Crippen molar-refractivity contribution in [3.63, 3.8) is 0 Å². The summed E-state index contributed by atoms with van der Waals surface area (Å²) in [4.78, 5) is 16.0. The molecule has 0 aliphatic carbocycles. The Labute approximate surface area is 118 Å². The summed E-state index contributed by atoms with van der Waals surface area (Å²) in [6.45, 7) is 2.81. The number of halogens is 1. The minimum absolute atomic E-state index is 0.328. The summed E-state index contributed by atoms with van der Waals surface area (Å²) >= 11 is 7.04. The minimum Gasteiger partial charge on any atom is -0.369 e. The van der Waals surface area contributed by atoms with Crippen molar-refractivity contribution in [3.8, 4) is 0 Å². The number of nitrogens with zero attached hydrogens (tertiary/aromatic N) is 4. The second-order valence-corrected chi connectivity index (χ2v) is 4.74. The molecular weight excluding hydrogens is 288 g/mol. The van der Waals surface area contributed by atoms with Crippen LogP contribution in [0.5, 0.6) is 0 Å². The quantitative estimate of drug-likeness (QED) is 0.877. The fourth-order valence-electron chi connectivity index (χ4n) is 1.29. The first kappa shape index (κ1) is 13.6. The maximum atomic E-state index is 11.9. The molecule has 0 unspecified atom stereocenters. The molecule has 0 atom stereocenters. The molecule has 0 aliphatic rings. The first-order valence-corrected chi connectivity index (χ1v) is 6.71. The molecule has 9 heteroatoms. The zero-order valence-electron chi connectivity index (χ0n) is 10.1. The van der Waals surface area contributed by atoms with E-state index in [1.807, 2.05) is 6.92 Å². The van der Waals surface area contributed by atoms with Gasteiger partial charge in [0.15, 0.2) is 0 Å². The first-order valence-electron chi connectivity index (χ1n) is 5.56. The fraction of sp³-hybridized carbons (Fsp3) is 0.300. The van der Waals surface area contributed by atoms with Crippen molar-refractivity contribution in [2.24, 2.45) is 0 Å². The van der Waals surface area contributed by atoms with Gasteiger partial charge in [0, 0.05) is 24.3 Å². The predicted octanol–water partition coefficient (Wildman–Crippen LogP) is 2.06. The van der Waals surface area contributed by atoms with E-state index < -0.39 is 0 Å². The topological polar surface area (TPSA) is 92.7 Å². The van der Waals surface area contributed by atoms with E-state index in [0.29, 0.717) is 21.5 Å². The maximum Gasteiger partial charge on any atom is 0.259 e. The molecule has 0 fully saturated rings. The number of hydrogen-bond acceptors (Lipinski definition) is 7. The number of hydrogen-bond donors (Lipinski definition) is 2.